The molecule has 0 saturated heterocycles. The van der Waals surface area contributed by atoms with Crippen molar-refractivity contribution in [3.05, 3.63) is 35.5 Å². The summed E-state index contributed by atoms with van der Waals surface area (Å²) in [7, 11) is 0. The van der Waals surface area contributed by atoms with Gasteiger partial charge in [-0.3, -0.25) is 9.59 Å². The fourth-order valence-corrected chi connectivity index (χ4v) is 8.05. The standard InChI is InChI=1S/C31H40F6O5/c1-19(38)41-23-16-21(17-24(18-23)42-20(2)39)7-8-22-6-4-11-27(3)25(22)9-10-26(27)28(14-15-28)12-5-13-29(40,30(32,33)34)31(35,36)37/h5,7-8,13,23-26,40H,4,6,9-12,14-18H2,1-3H3/b13-5-,21-7?,22-8+/t23-,24?,25?,26?,27+/m1/s1. The highest BCUT2D eigenvalue weighted by molar-refractivity contribution is 5.67. The molecule has 5 nitrogen and oxygen atoms in total. The summed E-state index contributed by atoms with van der Waals surface area (Å²) in [4.78, 5) is 23.1. The van der Waals surface area contributed by atoms with Crippen molar-refractivity contribution in [2.45, 2.75) is 122 Å². The van der Waals surface area contributed by atoms with Crippen LogP contribution in [0.15, 0.2) is 35.5 Å². The van der Waals surface area contributed by atoms with Crippen molar-refractivity contribution in [3.63, 3.8) is 0 Å². The van der Waals surface area contributed by atoms with Crippen LogP contribution in [-0.2, 0) is 19.1 Å². The summed E-state index contributed by atoms with van der Waals surface area (Å²) >= 11 is 0. The zero-order valence-electron chi connectivity index (χ0n) is 24.2. The molecule has 4 aliphatic carbocycles. The summed E-state index contributed by atoms with van der Waals surface area (Å²) in [5.41, 5.74) is -3.08. The zero-order chi connectivity index (χ0) is 31.1. The number of alkyl halides is 6. The Morgan fingerprint density at radius 1 is 0.929 bits per heavy atom. The first-order valence-electron chi connectivity index (χ1n) is 14.7. The second-order valence-electron chi connectivity index (χ2n) is 12.9. The number of ether oxygens (including phenoxy) is 2. The fraction of sp³-hybridized carbons (Fsp3) is 0.742. The van der Waals surface area contributed by atoms with E-state index >= 15 is 0 Å². The van der Waals surface area contributed by atoms with Crippen LogP contribution >= 0.6 is 0 Å². The lowest BCUT2D eigenvalue weighted by molar-refractivity contribution is -0.347. The molecule has 0 aromatic carbocycles. The van der Waals surface area contributed by atoms with Gasteiger partial charge in [0.25, 0.3) is 5.60 Å². The number of hydrogen-bond acceptors (Lipinski definition) is 5. The van der Waals surface area contributed by atoms with Gasteiger partial charge in [-0.05, 0) is 80.1 Å². The Balaban J connectivity index is 1.50. The maximum Gasteiger partial charge on any atom is 0.429 e. The van der Waals surface area contributed by atoms with Gasteiger partial charge in [-0.15, -0.1) is 0 Å². The van der Waals surface area contributed by atoms with Gasteiger partial charge in [0.05, 0.1) is 0 Å². The van der Waals surface area contributed by atoms with Gasteiger partial charge in [-0.2, -0.15) is 26.3 Å². The second-order valence-corrected chi connectivity index (χ2v) is 12.9. The van der Waals surface area contributed by atoms with Gasteiger partial charge < -0.3 is 14.6 Å². The molecule has 4 fully saturated rings. The first kappa shape index (κ1) is 32.6. The first-order valence-corrected chi connectivity index (χ1v) is 14.7. The molecule has 4 saturated carbocycles. The third kappa shape index (κ3) is 6.60. The van der Waals surface area contributed by atoms with Gasteiger partial charge in [0.1, 0.15) is 12.2 Å². The topological polar surface area (TPSA) is 72.8 Å². The molecule has 0 aliphatic heterocycles. The van der Waals surface area contributed by atoms with Crippen LogP contribution in [0, 0.1) is 22.7 Å². The Bertz CT molecular complexity index is 1090. The summed E-state index contributed by atoms with van der Waals surface area (Å²) < 4.78 is 89.7. The molecule has 0 aromatic heterocycles. The Morgan fingerprint density at radius 3 is 2.00 bits per heavy atom. The van der Waals surface area contributed by atoms with E-state index in [0.29, 0.717) is 19.3 Å². The minimum atomic E-state index is -5.87. The smallest absolute Gasteiger partial charge is 0.429 e. The molecule has 0 aromatic rings. The van der Waals surface area contributed by atoms with Crippen molar-refractivity contribution in [3.8, 4) is 0 Å². The van der Waals surface area contributed by atoms with Gasteiger partial charge in [0, 0.05) is 33.1 Å². The Hall–Kier alpha value is -2.30. The summed E-state index contributed by atoms with van der Waals surface area (Å²) in [5, 5.41) is 9.53. The number of hydrogen-bond donors (Lipinski definition) is 1. The van der Waals surface area contributed by atoms with Crippen molar-refractivity contribution in [2.24, 2.45) is 22.7 Å². The van der Waals surface area contributed by atoms with E-state index in [9.17, 15) is 41.0 Å². The summed E-state index contributed by atoms with van der Waals surface area (Å²) in [5.74, 6) is -0.399. The average Bonchev–Trinajstić information content (AvgIpc) is 3.52. The number of halogens is 6. The molecule has 0 amide bonds. The van der Waals surface area contributed by atoms with Crippen LogP contribution < -0.4 is 0 Å². The molecular formula is C31H40F6O5. The average molecular weight is 607 g/mol. The molecule has 0 spiro atoms. The number of carbonyl (C=O) groups is 2. The lowest BCUT2D eigenvalue weighted by Gasteiger charge is -2.45. The number of allylic oxidation sites excluding steroid dienone is 4. The van der Waals surface area contributed by atoms with Crippen LogP contribution in [0.2, 0.25) is 0 Å². The number of aliphatic hydroxyl groups is 1. The van der Waals surface area contributed by atoms with Crippen LogP contribution in [0.1, 0.15) is 91.4 Å². The van der Waals surface area contributed by atoms with E-state index in [1.54, 1.807) is 0 Å². The predicted octanol–water partition coefficient (Wildman–Crippen LogP) is 7.69. The highest BCUT2D eigenvalue weighted by atomic mass is 19.4. The Kier molecular flexibility index (Phi) is 9.05. The molecule has 0 heterocycles. The summed E-state index contributed by atoms with van der Waals surface area (Å²) in [6, 6.07) is 0. The molecule has 236 valence electrons. The third-order valence-electron chi connectivity index (χ3n) is 10.0. The minimum absolute atomic E-state index is 0.0621. The molecule has 11 heteroatoms. The monoisotopic (exact) mass is 606 g/mol. The quantitative estimate of drug-likeness (QED) is 0.183. The van der Waals surface area contributed by atoms with Gasteiger partial charge >= 0.3 is 24.3 Å². The molecule has 42 heavy (non-hydrogen) atoms. The minimum Gasteiger partial charge on any atom is -0.462 e. The first-order chi connectivity index (χ1) is 19.4. The van der Waals surface area contributed by atoms with Crippen LogP contribution in [0.5, 0.6) is 0 Å². The summed E-state index contributed by atoms with van der Waals surface area (Å²) in [6.45, 7) is 4.89. The second kappa shape index (κ2) is 11.7. The van der Waals surface area contributed by atoms with Gasteiger partial charge in [0.15, 0.2) is 0 Å². The van der Waals surface area contributed by atoms with E-state index in [-0.39, 0.29) is 47.4 Å². The molecule has 5 atom stereocenters. The van der Waals surface area contributed by atoms with Crippen molar-refractivity contribution >= 4 is 11.9 Å². The lowest BCUT2D eigenvalue weighted by Crippen LogP contribution is -2.55. The lowest BCUT2D eigenvalue weighted by atomic mass is 9.59. The van der Waals surface area contributed by atoms with Crippen LogP contribution in [0.3, 0.4) is 0 Å². The Morgan fingerprint density at radius 2 is 1.50 bits per heavy atom. The molecular weight excluding hydrogens is 566 g/mol. The van der Waals surface area contributed by atoms with Gasteiger partial charge in [-0.25, -0.2) is 0 Å². The SMILES string of the molecule is CC(=O)OC1CC(=C/C=C2\CCC[C@@]3(C)C2CCC3C2(C/C=C\C(O)(C(F)(F)F)C(F)(F)F)CC2)C[C@@H](OC(C)=O)C1. The van der Waals surface area contributed by atoms with Crippen molar-refractivity contribution in [1.82, 2.24) is 0 Å². The highest BCUT2D eigenvalue weighted by Gasteiger charge is 2.69. The predicted molar refractivity (Wildman–Crippen MR) is 142 cm³/mol. The van der Waals surface area contributed by atoms with Crippen molar-refractivity contribution in [1.29, 1.82) is 0 Å². The largest absolute Gasteiger partial charge is 0.462 e. The van der Waals surface area contributed by atoms with E-state index in [2.05, 4.69) is 13.0 Å². The molecule has 4 aliphatic rings. The molecule has 3 unspecified atom stereocenters. The number of fused-ring (bicyclic) bond motifs is 1. The molecule has 4 rings (SSSR count). The van der Waals surface area contributed by atoms with E-state index < -0.39 is 29.9 Å². The van der Waals surface area contributed by atoms with E-state index in [0.717, 1.165) is 56.6 Å². The maximum absolute atomic E-state index is 13.1. The van der Waals surface area contributed by atoms with Crippen LogP contribution in [-0.4, -0.2) is 47.2 Å². The van der Waals surface area contributed by atoms with Crippen molar-refractivity contribution < 1.29 is 50.5 Å². The fourth-order valence-electron chi connectivity index (χ4n) is 8.05. The molecule has 0 bridgehead atoms. The normalized spacial score (nSPS) is 33.6. The highest BCUT2D eigenvalue weighted by Crippen LogP contribution is 2.70. The Labute approximate surface area is 242 Å². The van der Waals surface area contributed by atoms with E-state index in [1.807, 2.05) is 6.08 Å². The zero-order valence-corrected chi connectivity index (χ0v) is 24.2. The number of rotatable bonds is 7. The van der Waals surface area contributed by atoms with Crippen LogP contribution in [0.25, 0.3) is 0 Å². The van der Waals surface area contributed by atoms with E-state index in [4.69, 9.17) is 9.47 Å². The van der Waals surface area contributed by atoms with Gasteiger partial charge in [-0.1, -0.05) is 36.3 Å². The third-order valence-corrected chi connectivity index (χ3v) is 10.0. The van der Waals surface area contributed by atoms with Crippen molar-refractivity contribution in [2.75, 3.05) is 0 Å². The number of esters is 2. The van der Waals surface area contributed by atoms with Crippen LogP contribution in [0.4, 0.5) is 26.3 Å². The summed E-state index contributed by atoms with van der Waals surface area (Å²) in [6.07, 6.45) is -0.0200. The molecule has 0 radical (unpaired) electrons. The molecule has 1 N–H and O–H groups in total. The van der Waals surface area contributed by atoms with Gasteiger partial charge in [0.2, 0.25) is 0 Å². The van der Waals surface area contributed by atoms with E-state index in [1.165, 1.54) is 19.4 Å². The number of carbonyl (C=O) groups excluding carboxylic acids is 2. The maximum atomic E-state index is 13.1.